The summed E-state index contributed by atoms with van der Waals surface area (Å²) < 4.78 is 12.6. The van der Waals surface area contributed by atoms with E-state index in [0.29, 0.717) is 29.6 Å². The Labute approximate surface area is 180 Å². The summed E-state index contributed by atoms with van der Waals surface area (Å²) in [4.78, 5) is 12.2. The average Bonchev–Trinajstić information content (AvgIpc) is 3.31. The van der Waals surface area contributed by atoms with Gasteiger partial charge in [0.25, 0.3) is 0 Å². The van der Waals surface area contributed by atoms with Gasteiger partial charge in [-0.25, -0.2) is 0 Å². The average molecular weight is 424 g/mol. The van der Waals surface area contributed by atoms with E-state index in [-0.39, 0.29) is 12.7 Å². The van der Waals surface area contributed by atoms with Gasteiger partial charge in [-0.15, -0.1) is 0 Å². The van der Waals surface area contributed by atoms with Crippen LogP contribution in [0.2, 0.25) is 5.02 Å². The van der Waals surface area contributed by atoms with Crippen molar-refractivity contribution in [1.82, 2.24) is 15.1 Å². The number of hydrogen-bond acceptors (Lipinski definition) is 4. The molecule has 154 valence electrons. The number of ether oxygens (including phenoxy) is 2. The lowest BCUT2D eigenvalue weighted by atomic mass is 10.1. The molecule has 0 saturated heterocycles. The largest absolute Gasteiger partial charge is 0.454 e. The minimum atomic E-state index is -0.187. The van der Waals surface area contributed by atoms with E-state index in [0.717, 1.165) is 28.1 Å². The molecule has 4 rings (SSSR count). The highest BCUT2D eigenvalue weighted by Gasteiger charge is 2.17. The van der Waals surface area contributed by atoms with Gasteiger partial charge in [0.1, 0.15) is 0 Å². The molecule has 0 saturated carbocycles. The monoisotopic (exact) mass is 423 g/mol. The maximum absolute atomic E-state index is 12.2. The first-order valence-electron chi connectivity index (χ1n) is 9.62. The Morgan fingerprint density at radius 3 is 2.83 bits per heavy atom. The number of halogens is 1. The zero-order valence-electron chi connectivity index (χ0n) is 16.8. The number of aromatic nitrogens is 2. The summed E-state index contributed by atoms with van der Waals surface area (Å²) in [5.74, 6) is 0.938. The van der Waals surface area contributed by atoms with Crippen LogP contribution in [0.3, 0.4) is 0 Å². The predicted octanol–water partition coefficient (Wildman–Crippen LogP) is 4.26. The molecular formula is C23H22ClN3O3. The van der Waals surface area contributed by atoms with Crippen molar-refractivity contribution in [1.29, 1.82) is 0 Å². The number of carbonyl (C=O) groups excluding carboxylic acids is 1. The Hall–Kier alpha value is -3.25. The number of aryl methyl sites for hydroxylation is 2. The molecule has 1 amide bonds. The predicted molar refractivity (Wildman–Crippen MR) is 116 cm³/mol. The number of benzene rings is 2. The van der Waals surface area contributed by atoms with Gasteiger partial charge >= 0.3 is 0 Å². The number of amides is 1. The summed E-state index contributed by atoms with van der Waals surface area (Å²) >= 11 is 6.17. The van der Waals surface area contributed by atoms with Crippen molar-refractivity contribution < 1.29 is 14.3 Å². The molecule has 7 heteroatoms. The topological polar surface area (TPSA) is 65.4 Å². The number of nitrogens with zero attached hydrogens (tertiary/aromatic N) is 2. The van der Waals surface area contributed by atoms with Gasteiger partial charge in [0.2, 0.25) is 12.7 Å². The van der Waals surface area contributed by atoms with Crippen LogP contribution in [0.15, 0.2) is 48.5 Å². The van der Waals surface area contributed by atoms with E-state index in [4.69, 9.17) is 21.1 Å². The first-order valence-corrected chi connectivity index (χ1v) is 9.99. The van der Waals surface area contributed by atoms with Crippen LogP contribution in [-0.2, 0) is 17.9 Å². The third-order valence-corrected chi connectivity index (χ3v) is 5.05. The van der Waals surface area contributed by atoms with Crippen LogP contribution in [0.25, 0.3) is 6.08 Å². The third-order valence-electron chi connectivity index (χ3n) is 4.77. The van der Waals surface area contributed by atoms with E-state index in [1.54, 1.807) is 18.2 Å². The molecule has 1 N–H and O–H groups in total. The van der Waals surface area contributed by atoms with Crippen LogP contribution in [0.4, 0.5) is 0 Å². The molecule has 1 aromatic heterocycles. The van der Waals surface area contributed by atoms with Crippen LogP contribution in [0.5, 0.6) is 11.5 Å². The zero-order valence-corrected chi connectivity index (χ0v) is 17.6. The summed E-state index contributed by atoms with van der Waals surface area (Å²) in [5.41, 5.74) is 5.07. The second-order valence-corrected chi connectivity index (χ2v) is 7.60. The SMILES string of the molecule is Cc1cc(C)n(Cc2cccc(CNC(=O)/C=C/c3cc(Cl)c4c(c3)OCO4)c2)n1. The zero-order chi connectivity index (χ0) is 21.1. The third kappa shape index (κ3) is 4.66. The van der Waals surface area contributed by atoms with E-state index < -0.39 is 0 Å². The number of hydrogen-bond donors (Lipinski definition) is 1. The van der Waals surface area contributed by atoms with Crippen molar-refractivity contribution >= 4 is 23.6 Å². The molecule has 2 aromatic carbocycles. The smallest absolute Gasteiger partial charge is 0.244 e. The molecule has 2 heterocycles. The minimum absolute atomic E-state index is 0.154. The summed E-state index contributed by atoms with van der Waals surface area (Å²) in [5, 5.41) is 7.87. The molecule has 0 unspecified atom stereocenters. The second-order valence-electron chi connectivity index (χ2n) is 7.19. The molecular weight excluding hydrogens is 402 g/mol. The lowest BCUT2D eigenvalue weighted by Gasteiger charge is -2.08. The lowest BCUT2D eigenvalue weighted by molar-refractivity contribution is -0.116. The summed E-state index contributed by atoms with van der Waals surface area (Å²) in [6, 6.07) is 13.7. The summed E-state index contributed by atoms with van der Waals surface area (Å²) in [6.07, 6.45) is 3.18. The molecule has 3 aromatic rings. The van der Waals surface area contributed by atoms with Crippen molar-refractivity contribution in [3.8, 4) is 11.5 Å². The van der Waals surface area contributed by atoms with E-state index in [1.165, 1.54) is 6.08 Å². The van der Waals surface area contributed by atoms with Gasteiger partial charge in [0, 0.05) is 18.3 Å². The maximum atomic E-state index is 12.2. The van der Waals surface area contributed by atoms with Gasteiger partial charge in [-0.3, -0.25) is 9.48 Å². The molecule has 0 radical (unpaired) electrons. The molecule has 1 aliphatic heterocycles. The van der Waals surface area contributed by atoms with Gasteiger partial charge < -0.3 is 14.8 Å². The van der Waals surface area contributed by atoms with Crippen LogP contribution in [-0.4, -0.2) is 22.5 Å². The fourth-order valence-electron chi connectivity index (χ4n) is 3.35. The van der Waals surface area contributed by atoms with E-state index in [9.17, 15) is 4.79 Å². The molecule has 0 bridgehead atoms. The molecule has 0 atom stereocenters. The van der Waals surface area contributed by atoms with Crippen molar-refractivity contribution in [2.75, 3.05) is 6.79 Å². The van der Waals surface area contributed by atoms with Crippen molar-refractivity contribution in [2.45, 2.75) is 26.9 Å². The maximum Gasteiger partial charge on any atom is 0.244 e. The standard InChI is InChI=1S/C23H22ClN3O3/c1-15-8-16(2)27(26-15)13-19-5-3-4-18(9-19)12-25-22(28)7-6-17-10-20(24)23-21(11-17)29-14-30-23/h3-11H,12-14H2,1-2H3,(H,25,28)/b7-6+. The Balaban J connectivity index is 1.35. The molecule has 0 fully saturated rings. The van der Waals surface area contributed by atoms with Crippen molar-refractivity contribution in [2.24, 2.45) is 0 Å². The van der Waals surface area contributed by atoms with Gasteiger partial charge in [0.15, 0.2) is 11.5 Å². The van der Waals surface area contributed by atoms with Crippen LogP contribution < -0.4 is 14.8 Å². The Kier molecular flexibility index (Phi) is 5.77. The fraction of sp³-hybridized carbons (Fsp3) is 0.217. The first kappa shape index (κ1) is 20.0. The van der Waals surface area contributed by atoms with Crippen molar-refractivity contribution in [3.63, 3.8) is 0 Å². The van der Waals surface area contributed by atoms with Gasteiger partial charge in [-0.2, -0.15) is 5.10 Å². The molecule has 6 nitrogen and oxygen atoms in total. The molecule has 0 aliphatic carbocycles. The highest BCUT2D eigenvalue weighted by atomic mass is 35.5. The van der Waals surface area contributed by atoms with Crippen LogP contribution in [0, 0.1) is 13.8 Å². The molecule has 1 aliphatic rings. The van der Waals surface area contributed by atoms with Crippen LogP contribution >= 0.6 is 11.6 Å². The number of fused-ring (bicyclic) bond motifs is 1. The number of carbonyl (C=O) groups is 1. The molecule has 0 spiro atoms. The highest BCUT2D eigenvalue weighted by molar-refractivity contribution is 6.32. The Bertz CT molecular complexity index is 1120. The van der Waals surface area contributed by atoms with Crippen molar-refractivity contribution in [3.05, 3.63) is 81.6 Å². The fourth-order valence-corrected chi connectivity index (χ4v) is 3.62. The summed E-state index contributed by atoms with van der Waals surface area (Å²) in [6.45, 7) is 5.33. The van der Waals surface area contributed by atoms with Gasteiger partial charge in [0.05, 0.1) is 17.3 Å². The molecule has 30 heavy (non-hydrogen) atoms. The summed E-state index contributed by atoms with van der Waals surface area (Å²) in [7, 11) is 0. The second kappa shape index (κ2) is 8.63. The van der Waals surface area contributed by atoms with E-state index in [2.05, 4.69) is 28.6 Å². The normalized spacial score (nSPS) is 12.5. The van der Waals surface area contributed by atoms with Gasteiger partial charge in [-0.05, 0) is 54.8 Å². The van der Waals surface area contributed by atoms with Crippen LogP contribution in [0.1, 0.15) is 28.1 Å². The highest BCUT2D eigenvalue weighted by Crippen LogP contribution is 2.40. The Morgan fingerprint density at radius 2 is 2.03 bits per heavy atom. The quantitative estimate of drug-likeness (QED) is 0.601. The van der Waals surface area contributed by atoms with E-state index >= 15 is 0 Å². The van der Waals surface area contributed by atoms with E-state index in [1.807, 2.05) is 30.7 Å². The number of rotatable bonds is 6. The number of nitrogens with one attached hydrogen (secondary N) is 1. The minimum Gasteiger partial charge on any atom is -0.454 e. The lowest BCUT2D eigenvalue weighted by Crippen LogP contribution is -2.20. The van der Waals surface area contributed by atoms with Gasteiger partial charge in [-0.1, -0.05) is 35.9 Å². The Morgan fingerprint density at radius 1 is 1.20 bits per heavy atom. The first-order chi connectivity index (χ1) is 14.5.